The first-order valence-corrected chi connectivity index (χ1v) is 6.57. The molecule has 0 saturated carbocycles. The van der Waals surface area contributed by atoms with Gasteiger partial charge in [0.2, 0.25) is 0 Å². The van der Waals surface area contributed by atoms with Crippen molar-refractivity contribution in [3.8, 4) is 0 Å². The molecule has 1 atom stereocenters. The molecule has 0 aliphatic carbocycles. The lowest BCUT2D eigenvalue weighted by Crippen LogP contribution is -2.28. The van der Waals surface area contributed by atoms with Crippen LogP contribution >= 0.6 is 47.2 Å². The molecule has 0 aromatic carbocycles. The SMILES string of the molecule is Cl.N[C@H](c1c(Cl)cnc(Cl)c1Cl)C1CCOCC1. The molecule has 2 N–H and O–H groups in total. The second-order valence-electron chi connectivity index (χ2n) is 4.10. The van der Waals surface area contributed by atoms with E-state index in [4.69, 9.17) is 45.3 Å². The van der Waals surface area contributed by atoms with E-state index in [1.165, 1.54) is 6.20 Å². The fraction of sp³-hybridized carbons (Fsp3) is 0.545. The zero-order valence-electron chi connectivity index (χ0n) is 9.54. The maximum atomic E-state index is 6.23. The van der Waals surface area contributed by atoms with Crippen LogP contribution in [0.3, 0.4) is 0 Å². The second kappa shape index (κ2) is 7.13. The fourth-order valence-corrected chi connectivity index (χ4v) is 2.82. The molecule has 0 spiro atoms. The smallest absolute Gasteiger partial charge is 0.148 e. The first kappa shape index (κ1) is 16.3. The van der Waals surface area contributed by atoms with Gasteiger partial charge in [-0.15, -0.1) is 12.4 Å². The standard InChI is InChI=1S/C11H13Cl3N2O.ClH/c12-7-5-16-11(14)9(13)8(7)10(15)6-1-3-17-4-2-6;/h5-6,10H,1-4,15H2;1H/t10-;/m0./s1. The lowest BCUT2D eigenvalue weighted by atomic mass is 9.88. The number of halogens is 4. The zero-order chi connectivity index (χ0) is 12.4. The highest BCUT2D eigenvalue weighted by atomic mass is 35.5. The summed E-state index contributed by atoms with van der Waals surface area (Å²) in [7, 11) is 0. The summed E-state index contributed by atoms with van der Waals surface area (Å²) in [5.74, 6) is 0.317. The molecular formula is C11H14Cl4N2O. The normalized spacial score (nSPS) is 18.2. The van der Waals surface area contributed by atoms with Crippen molar-refractivity contribution in [3.63, 3.8) is 0 Å². The molecule has 7 heteroatoms. The van der Waals surface area contributed by atoms with Gasteiger partial charge in [-0.25, -0.2) is 4.98 Å². The maximum Gasteiger partial charge on any atom is 0.148 e. The largest absolute Gasteiger partial charge is 0.381 e. The van der Waals surface area contributed by atoms with Gasteiger partial charge in [0, 0.05) is 31.0 Å². The van der Waals surface area contributed by atoms with E-state index in [-0.39, 0.29) is 23.6 Å². The summed E-state index contributed by atoms with van der Waals surface area (Å²) < 4.78 is 5.31. The van der Waals surface area contributed by atoms with Crippen molar-refractivity contribution in [1.82, 2.24) is 4.98 Å². The highest BCUT2D eigenvalue weighted by Crippen LogP contribution is 2.38. The van der Waals surface area contributed by atoms with E-state index in [1.54, 1.807) is 0 Å². The number of nitrogens with zero attached hydrogens (tertiary/aromatic N) is 1. The average molecular weight is 332 g/mol. The van der Waals surface area contributed by atoms with Crippen LogP contribution in [0, 0.1) is 5.92 Å². The quantitative estimate of drug-likeness (QED) is 0.836. The van der Waals surface area contributed by atoms with E-state index in [9.17, 15) is 0 Å². The van der Waals surface area contributed by atoms with Crippen LogP contribution in [-0.4, -0.2) is 18.2 Å². The van der Waals surface area contributed by atoms with E-state index in [1.807, 2.05) is 0 Å². The summed E-state index contributed by atoms with van der Waals surface area (Å²) in [5, 5.41) is 1.07. The van der Waals surface area contributed by atoms with Gasteiger partial charge < -0.3 is 10.5 Å². The molecule has 1 fully saturated rings. The first-order valence-electron chi connectivity index (χ1n) is 5.44. The van der Waals surface area contributed by atoms with Gasteiger partial charge in [-0.3, -0.25) is 0 Å². The number of ether oxygens (including phenoxy) is 1. The molecule has 0 amide bonds. The van der Waals surface area contributed by atoms with Crippen LogP contribution in [0.2, 0.25) is 15.2 Å². The minimum atomic E-state index is -0.223. The van der Waals surface area contributed by atoms with Crippen LogP contribution in [0.25, 0.3) is 0 Å². The highest BCUT2D eigenvalue weighted by Gasteiger charge is 2.26. The summed E-state index contributed by atoms with van der Waals surface area (Å²) in [6, 6.07) is -0.223. The third-order valence-electron chi connectivity index (χ3n) is 3.07. The van der Waals surface area contributed by atoms with E-state index < -0.39 is 0 Å². The van der Waals surface area contributed by atoms with Crippen LogP contribution in [0.5, 0.6) is 0 Å². The molecule has 3 nitrogen and oxygen atoms in total. The monoisotopic (exact) mass is 330 g/mol. The Morgan fingerprint density at radius 1 is 1.28 bits per heavy atom. The molecule has 0 bridgehead atoms. The van der Waals surface area contributed by atoms with Gasteiger partial charge in [-0.1, -0.05) is 34.8 Å². The Labute approximate surface area is 127 Å². The molecule has 1 aromatic rings. The molecule has 1 saturated heterocycles. The van der Waals surface area contributed by atoms with Crippen molar-refractivity contribution in [3.05, 3.63) is 27.0 Å². The Hall–Kier alpha value is 0.230. The molecule has 2 rings (SSSR count). The number of aromatic nitrogens is 1. The summed E-state index contributed by atoms with van der Waals surface area (Å²) in [6.07, 6.45) is 3.31. The van der Waals surface area contributed by atoms with Gasteiger partial charge in [0.1, 0.15) is 5.15 Å². The van der Waals surface area contributed by atoms with Crippen molar-refractivity contribution in [2.45, 2.75) is 18.9 Å². The van der Waals surface area contributed by atoms with Gasteiger partial charge in [0.05, 0.1) is 10.0 Å². The average Bonchev–Trinajstić information content (AvgIpc) is 2.35. The lowest BCUT2D eigenvalue weighted by Gasteiger charge is -2.28. The molecule has 18 heavy (non-hydrogen) atoms. The molecule has 2 heterocycles. The third-order valence-corrected chi connectivity index (χ3v) is 4.14. The Kier molecular flexibility index (Phi) is 6.45. The van der Waals surface area contributed by atoms with Crippen LogP contribution in [-0.2, 0) is 4.74 Å². The van der Waals surface area contributed by atoms with Crippen molar-refractivity contribution < 1.29 is 4.74 Å². The molecule has 0 radical (unpaired) electrons. The second-order valence-corrected chi connectivity index (χ2v) is 5.24. The summed E-state index contributed by atoms with van der Waals surface area (Å²) >= 11 is 18.1. The maximum absolute atomic E-state index is 6.23. The van der Waals surface area contributed by atoms with E-state index in [0.29, 0.717) is 21.5 Å². The minimum absolute atomic E-state index is 0. The number of nitrogens with two attached hydrogens (primary N) is 1. The Morgan fingerprint density at radius 2 is 1.89 bits per heavy atom. The van der Waals surface area contributed by atoms with Crippen LogP contribution in [0.4, 0.5) is 0 Å². The number of rotatable bonds is 2. The van der Waals surface area contributed by atoms with E-state index in [2.05, 4.69) is 4.98 Å². The molecular weight excluding hydrogens is 318 g/mol. The van der Waals surface area contributed by atoms with Crippen LogP contribution in [0.1, 0.15) is 24.4 Å². The van der Waals surface area contributed by atoms with Gasteiger partial charge in [0.15, 0.2) is 0 Å². The van der Waals surface area contributed by atoms with Crippen molar-refractivity contribution in [2.24, 2.45) is 11.7 Å². The van der Waals surface area contributed by atoms with Crippen LogP contribution in [0.15, 0.2) is 6.20 Å². The van der Waals surface area contributed by atoms with Crippen molar-refractivity contribution in [1.29, 1.82) is 0 Å². The fourth-order valence-electron chi connectivity index (χ4n) is 2.07. The van der Waals surface area contributed by atoms with Gasteiger partial charge in [0.25, 0.3) is 0 Å². The Balaban J connectivity index is 0.00000162. The predicted octanol–water partition coefficient (Wildman–Crippen LogP) is 3.89. The van der Waals surface area contributed by atoms with Crippen molar-refractivity contribution in [2.75, 3.05) is 13.2 Å². The zero-order valence-corrected chi connectivity index (χ0v) is 12.6. The molecule has 1 aliphatic heterocycles. The van der Waals surface area contributed by atoms with Gasteiger partial charge >= 0.3 is 0 Å². The number of hydrogen-bond donors (Lipinski definition) is 1. The van der Waals surface area contributed by atoms with E-state index in [0.717, 1.165) is 26.1 Å². The summed E-state index contributed by atoms with van der Waals surface area (Å²) in [4.78, 5) is 3.89. The lowest BCUT2D eigenvalue weighted by molar-refractivity contribution is 0.0584. The van der Waals surface area contributed by atoms with E-state index >= 15 is 0 Å². The molecule has 0 unspecified atom stereocenters. The molecule has 102 valence electrons. The molecule has 1 aromatic heterocycles. The summed E-state index contributed by atoms with van der Waals surface area (Å²) in [5.41, 5.74) is 6.92. The Morgan fingerprint density at radius 3 is 2.50 bits per heavy atom. The summed E-state index contributed by atoms with van der Waals surface area (Å²) in [6.45, 7) is 1.46. The predicted molar refractivity (Wildman–Crippen MR) is 77.0 cm³/mol. The molecule has 1 aliphatic rings. The Bertz CT molecular complexity index is 410. The minimum Gasteiger partial charge on any atom is -0.381 e. The van der Waals surface area contributed by atoms with Crippen LogP contribution < -0.4 is 5.73 Å². The van der Waals surface area contributed by atoms with Crippen molar-refractivity contribution >= 4 is 47.2 Å². The third kappa shape index (κ3) is 3.41. The highest BCUT2D eigenvalue weighted by molar-refractivity contribution is 6.43. The number of hydrogen-bond acceptors (Lipinski definition) is 3. The van der Waals surface area contributed by atoms with Gasteiger partial charge in [-0.2, -0.15) is 0 Å². The topological polar surface area (TPSA) is 48.1 Å². The first-order chi connectivity index (χ1) is 8.11. The number of pyridine rings is 1. The van der Waals surface area contributed by atoms with Gasteiger partial charge in [-0.05, 0) is 18.8 Å².